The van der Waals surface area contributed by atoms with Gasteiger partial charge in [-0.25, -0.2) is 9.78 Å². The third-order valence-corrected chi connectivity index (χ3v) is 4.51. The molecule has 30 heavy (non-hydrogen) atoms. The molecule has 0 bridgehead atoms. The van der Waals surface area contributed by atoms with Crippen LogP contribution in [0.25, 0.3) is 5.65 Å². The van der Waals surface area contributed by atoms with Gasteiger partial charge in [0.05, 0.1) is 12.1 Å². The fourth-order valence-electron chi connectivity index (χ4n) is 3.14. The number of amides is 3. The number of carbonyl (C=O) groups is 3. The zero-order valence-electron chi connectivity index (χ0n) is 17.5. The van der Waals surface area contributed by atoms with Crippen molar-refractivity contribution >= 4 is 35.2 Å². The van der Waals surface area contributed by atoms with E-state index in [1.54, 1.807) is 54.6 Å². The van der Waals surface area contributed by atoms with Gasteiger partial charge in [0.2, 0.25) is 11.8 Å². The molecule has 1 fully saturated rings. The molecule has 160 valence electrons. The molecule has 1 atom stereocenters. The molecule has 3 rings (SSSR count). The average molecular weight is 414 g/mol. The maximum Gasteiger partial charge on any atom is 0.410 e. The molecule has 3 heterocycles. The highest BCUT2D eigenvalue weighted by Gasteiger charge is 2.33. The summed E-state index contributed by atoms with van der Waals surface area (Å²) in [5, 5.41) is 13.1. The molecule has 0 unspecified atom stereocenters. The first-order valence-electron chi connectivity index (χ1n) is 9.66. The van der Waals surface area contributed by atoms with E-state index in [1.807, 2.05) is 0 Å². The minimum absolute atomic E-state index is 0.0215. The van der Waals surface area contributed by atoms with Crippen LogP contribution in [0.4, 0.5) is 10.6 Å². The smallest absolute Gasteiger partial charge is 0.410 e. The summed E-state index contributed by atoms with van der Waals surface area (Å²) in [6, 6.07) is 3.32. The van der Waals surface area contributed by atoms with Gasteiger partial charge in [0, 0.05) is 31.8 Å². The van der Waals surface area contributed by atoms with Crippen molar-refractivity contribution in [3.05, 3.63) is 30.1 Å². The van der Waals surface area contributed by atoms with Crippen molar-refractivity contribution in [1.29, 1.82) is 5.41 Å². The van der Waals surface area contributed by atoms with Gasteiger partial charge in [-0.3, -0.25) is 15.0 Å². The van der Waals surface area contributed by atoms with Crippen molar-refractivity contribution in [1.82, 2.24) is 19.6 Å². The van der Waals surface area contributed by atoms with E-state index in [9.17, 15) is 14.4 Å². The van der Waals surface area contributed by atoms with Gasteiger partial charge in [-0.1, -0.05) is 0 Å². The van der Waals surface area contributed by atoms with Crippen molar-refractivity contribution in [3.63, 3.8) is 0 Å². The number of carbonyl (C=O) groups excluding carboxylic acids is 3. The summed E-state index contributed by atoms with van der Waals surface area (Å²) in [5.41, 5.74) is 0.452. The van der Waals surface area contributed by atoms with Crippen LogP contribution in [-0.4, -0.2) is 56.7 Å². The second-order valence-corrected chi connectivity index (χ2v) is 8.26. The third-order valence-electron chi connectivity index (χ3n) is 4.51. The van der Waals surface area contributed by atoms with Gasteiger partial charge in [0.25, 0.3) is 0 Å². The first-order valence-corrected chi connectivity index (χ1v) is 9.66. The maximum absolute atomic E-state index is 12.6. The number of likely N-dealkylation sites (tertiary alicyclic amines) is 1. The summed E-state index contributed by atoms with van der Waals surface area (Å²) in [6.45, 7) is 7.51. The van der Waals surface area contributed by atoms with E-state index in [1.165, 1.54) is 6.92 Å². The molecular formula is C20H26N6O4. The number of hydrogen-bond donors (Lipinski definition) is 3. The average Bonchev–Trinajstić information content (AvgIpc) is 3.25. The lowest BCUT2D eigenvalue weighted by atomic mass is 10.1. The highest BCUT2D eigenvalue weighted by molar-refractivity contribution is 6.06. The lowest BCUT2D eigenvalue weighted by Gasteiger charge is -2.24. The van der Waals surface area contributed by atoms with Gasteiger partial charge in [0.1, 0.15) is 17.1 Å². The van der Waals surface area contributed by atoms with Crippen molar-refractivity contribution in [3.8, 4) is 0 Å². The monoisotopic (exact) mass is 414 g/mol. The number of fused-ring (bicyclic) bond motifs is 1. The summed E-state index contributed by atoms with van der Waals surface area (Å²) in [5.74, 6) is -0.527. The van der Waals surface area contributed by atoms with E-state index in [2.05, 4.69) is 15.6 Å². The van der Waals surface area contributed by atoms with Crippen LogP contribution in [0.5, 0.6) is 0 Å². The van der Waals surface area contributed by atoms with Crippen LogP contribution in [-0.2, 0) is 14.3 Å². The van der Waals surface area contributed by atoms with Crippen LogP contribution in [0.1, 0.15) is 39.7 Å². The molecule has 3 N–H and O–H groups in total. The van der Waals surface area contributed by atoms with E-state index in [0.717, 1.165) is 0 Å². The number of anilines is 1. The molecule has 1 aliphatic heterocycles. The zero-order chi connectivity index (χ0) is 22.1. The second-order valence-electron chi connectivity index (χ2n) is 8.26. The standard InChI is InChI=1S/C20H26N6O4/c1-12(27)22-17(21)13-5-7-25-11-15(23-16(25)9-13)24-18(28)14-6-8-26(10-14)19(29)30-20(2,3)4/h5,7,9,11,14H,6,8,10H2,1-4H3,(H,24,28)(H2,21,22,27)/t14-/m0/s1. The number of pyridine rings is 1. The van der Waals surface area contributed by atoms with Crippen LogP contribution >= 0.6 is 0 Å². The van der Waals surface area contributed by atoms with E-state index in [0.29, 0.717) is 36.5 Å². The molecule has 0 aliphatic carbocycles. The Kier molecular flexibility index (Phi) is 5.77. The molecule has 0 spiro atoms. The van der Waals surface area contributed by atoms with Gasteiger partial charge in [-0.15, -0.1) is 0 Å². The number of ether oxygens (including phenoxy) is 1. The van der Waals surface area contributed by atoms with Crippen LogP contribution in [0.3, 0.4) is 0 Å². The summed E-state index contributed by atoms with van der Waals surface area (Å²) in [4.78, 5) is 41.8. The van der Waals surface area contributed by atoms with Crippen molar-refractivity contribution in [2.45, 2.75) is 39.7 Å². The largest absolute Gasteiger partial charge is 0.444 e. The molecule has 1 aliphatic rings. The Labute approximate surface area is 174 Å². The van der Waals surface area contributed by atoms with Crippen LogP contribution in [0.15, 0.2) is 24.5 Å². The lowest BCUT2D eigenvalue weighted by molar-refractivity contribution is -0.119. The predicted molar refractivity (Wildman–Crippen MR) is 110 cm³/mol. The number of hydrogen-bond acceptors (Lipinski definition) is 6. The Morgan fingerprint density at radius 2 is 2.03 bits per heavy atom. The van der Waals surface area contributed by atoms with Gasteiger partial charge in [0.15, 0.2) is 5.82 Å². The van der Waals surface area contributed by atoms with Gasteiger partial charge in [-0.2, -0.15) is 0 Å². The topological polar surface area (TPSA) is 129 Å². The minimum atomic E-state index is -0.580. The number of nitrogens with one attached hydrogen (secondary N) is 3. The van der Waals surface area contributed by atoms with Crippen LogP contribution < -0.4 is 10.6 Å². The Bertz CT molecular complexity index is 1010. The lowest BCUT2D eigenvalue weighted by Crippen LogP contribution is -2.36. The van der Waals surface area contributed by atoms with E-state index < -0.39 is 11.7 Å². The van der Waals surface area contributed by atoms with E-state index in [-0.39, 0.29) is 23.6 Å². The Hall–Kier alpha value is -3.43. The number of aromatic nitrogens is 2. The molecule has 0 saturated carbocycles. The maximum atomic E-state index is 12.6. The summed E-state index contributed by atoms with van der Waals surface area (Å²) >= 11 is 0. The molecule has 2 aromatic rings. The van der Waals surface area contributed by atoms with Crippen molar-refractivity contribution < 1.29 is 19.1 Å². The highest BCUT2D eigenvalue weighted by Crippen LogP contribution is 2.21. The molecule has 0 aromatic carbocycles. The molecule has 1 saturated heterocycles. The Morgan fingerprint density at radius 1 is 1.30 bits per heavy atom. The van der Waals surface area contributed by atoms with Crippen LogP contribution in [0.2, 0.25) is 0 Å². The molecule has 10 nitrogen and oxygen atoms in total. The number of rotatable bonds is 3. The van der Waals surface area contributed by atoms with Crippen LogP contribution in [0, 0.1) is 11.3 Å². The number of nitrogens with zero attached hydrogens (tertiary/aromatic N) is 3. The van der Waals surface area contributed by atoms with Gasteiger partial charge < -0.3 is 24.7 Å². The minimum Gasteiger partial charge on any atom is -0.444 e. The predicted octanol–water partition coefficient (Wildman–Crippen LogP) is 1.99. The third kappa shape index (κ3) is 5.13. The Morgan fingerprint density at radius 3 is 2.70 bits per heavy atom. The first kappa shape index (κ1) is 21.3. The highest BCUT2D eigenvalue weighted by atomic mass is 16.6. The number of amidine groups is 1. The molecular weight excluding hydrogens is 388 g/mol. The summed E-state index contributed by atoms with van der Waals surface area (Å²) in [6.07, 6.45) is 3.50. The zero-order valence-corrected chi connectivity index (χ0v) is 17.5. The quantitative estimate of drug-likeness (QED) is 0.523. The van der Waals surface area contributed by atoms with Crippen molar-refractivity contribution in [2.75, 3.05) is 18.4 Å². The Balaban J connectivity index is 1.63. The van der Waals surface area contributed by atoms with E-state index in [4.69, 9.17) is 10.1 Å². The molecule has 10 heteroatoms. The molecule has 2 aromatic heterocycles. The molecule has 0 radical (unpaired) electrons. The summed E-state index contributed by atoms with van der Waals surface area (Å²) < 4.78 is 7.07. The van der Waals surface area contributed by atoms with Gasteiger partial charge in [-0.05, 0) is 39.3 Å². The second kappa shape index (κ2) is 8.13. The summed E-state index contributed by atoms with van der Waals surface area (Å²) in [7, 11) is 0. The normalized spacial score (nSPS) is 16.4. The SMILES string of the molecule is CC(=O)NC(=N)c1ccn2cc(NC(=O)[C@H]3CCN(C(=O)OC(C)(C)C)C3)nc2c1. The number of imidazole rings is 1. The fourth-order valence-corrected chi connectivity index (χ4v) is 3.14. The molecule has 3 amide bonds. The fraction of sp³-hybridized carbons (Fsp3) is 0.450. The first-order chi connectivity index (χ1) is 14.0. The van der Waals surface area contributed by atoms with Gasteiger partial charge >= 0.3 is 6.09 Å². The van der Waals surface area contributed by atoms with E-state index >= 15 is 0 Å². The van der Waals surface area contributed by atoms with Crippen molar-refractivity contribution in [2.24, 2.45) is 5.92 Å².